The zero-order chi connectivity index (χ0) is 14.2. The summed E-state index contributed by atoms with van der Waals surface area (Å²) in [4.78, 5) is 1.48. The summed E-state index contributed by atoms with van der Waals surface area (Å²) < 4.78 is 0. The Hall–Kier alpha value is -0.470. The van der Waals surface area contributed by atoms with Crippen LogP contribution in [-0.2, 0) is 6.42 Å². The zero-order valence-electron chi connectivity index (χ0n) is 12.8. The quantitative estimate of drug-likeness (QED) is 0.877. The van der Waals surface area contributed by atoms with E-state index in [1.165, 1.54) is 49.0 Å². The van der Waals surface area contributed by atoms with Crippen molar-refractivity contribution >= 4 is 11.8 Å². The molecule has 1 unspecified atom stereocenters. The maximum Gasteiger partial charge on any atom is 0.0165 e. The van der Waals surface area contributed by atoms with E-state index in [9.17, 15) is 0 Å². The van der Waals surface area contributed by atoms with Crippen LogP contribution in [0.3, 0.4) is 0 Å². The van der Waals surface area contributed by atoms with Gasteiger partial charge >= 0.3 is 0 Å². The Kier molecular flexibility index (Phi) is 4.14. The molecule has 1 aromatic rings. The van der Waals surface area contributed by atoms with Gasteiger partial charge in [0.15, 0.2) is 0 Å². The lowest BCUT2D eigenvalue weighted by Gasteiger charge is -2.40. The minimum atomic E-state index is 0.102. The normalized spacial score (nSPS) is 33.4. The van der Waals surface area contributed by atoms with Crippen LogP contribution in [0.2, 0.25) is 0 Å². The van der Waals surface area contributed by atoms with E-state index in [1.54, 1.807) is 0 Å². The predicted octanol–water partition coefficient (Wildman–Crippen LogP) is 4.64. The Morgan fingerprint density at radius 2 is 1.95 bits per heavy atom. The van der Waals surface area contributed by atoms with Crippen LogP contribution in [0.1, 0.15) is 51.5 Å². The maximum atomic E-state index is 6.72. The third-order valence-corrected chi connectivity index (χ3v) is 6.64. The SMILES string of the molecule is CC(C)C1CCC(N)(CC2Cc3ccccc3S2)CC1. The first kappa shape index (κ1) is 14.5. The lowest BCUT2D eigenvalue weighted by atomic mass is 9.71. The molecular formula is C18H27NS. The number of nitrogens with two attached hydrogens (primary N) is 1. The van der Waals surface area contributed by atoms with Crippen molar-refractivity contribution in [3.05, 3.63) is 29.8 Å². The van der Waals surface area contributed by atoms with Crippen molar-refractivity contribution in [2.75, 3.05) is 0 Å². The summed E-state index contributed by atoms with van der Waals surface area (Å²) in [7, 11) is 0. The average molecular weight is 289 g/mol. The van der Waals surface area contributed by atoms with E-state index in [2.05, 4.69) is 49.9 Å². The van der Waals surface area contributed by atoms with Gasteiger partial charge in [0.2, 0.25) is 0 Å². The molecular weight excluding hydrogens is 262 g/mol. The van der Waals surface area contributed by atoms with Gasteiger partial charge in [0.05, 0.1) is 0 Å². The van der Waals surface area contributed by atoms with Gasteiger partial charge in [-0.05, 0) is 62.0 Å². The maximum absolute atomic E-state index is 6.72. The molecule has 1 aliphatic carbocycles. The number of thioether (sulfide) groups is 1. The fraction of sp³-hybridized carbons (Fsp3) is 0.667. The number of hydrogen-bond acceptors (Lipinski definition) is 2. The van der Waals surface area contributed by atoms with Crippen LogP contribution in [0.4, 0.5) is 0 Å². The summed E-state index contributed by atoms with van der Waals surface area (Å²) in [6, 6.07) is 8.86. The molecule has 2 N–H and O–H groups in total. The largest absolute Gasteiger partial charge is 0.325 e. The highest BCUT2D eigenvalue weighted by Gasteiger charge is 2.36. The molecule has 0 saturated heterocycles. The van der Waals surface area contributed by atoms with Crippen molar-refractivity contribution in [1.82, 2.24) is 0 Å². The minimum Gasteiger partial charge on any atom is -0.325 e. The van der Waals surface area contributed by atoms with Crippen LogP contribution in [0.15, 0.2) is 29.2 Å². The van der Waals surface area contributed by atoms with Gasteiger partial charge in [0.25, 0.3) is 0 Å². The van der Waals surface area contributed by atoms with Crippen LogP contribution in [0.25, 0.3) is 0 Å². The molecule has 1 fully saturated rings. The summed E-state index contributed by atoms with van der Waals surface area (Å²) in [6.45, 7) is 4.72. The average Bonchev–Trinajstić information content (AvgIpc) is 2.80. The second kappa shape index (κ2) is 5.73. The van der Waals surface area contributed by atoms with E-state index in [-0.39, 0.29) is 5.54 Å². The fourth-order valence-electron chi connectivity index (χ4n) is 3.91. The first-order chi connectivity index (χ1) is 9.56. The van der Waals surface area contributed by atoms with Crippen molar-refractivity contribution in [1.29, 1.82) is 0 Å². The van der Waals surface area contributed by atoms with E-state index in [0.29, 0.717) is 5.25 Å². The predicted molar refractivity (Wildman–Crippen MR) is 88.1 cm³/mol. The Balaban J connectivity index is 1.57. The molecule has 0 radical (unpaired) electrons. The van der Waals surface area contributed by atoms with Crippen LogP contribution in [-0.4, -0.2) is 10.8 Å². The van der Waals surface area contributed by atoms with E-state index in [4.69, 9.17) is 5.73 Å². The van der Waals surface area contributed by atoms with E-state index in [1.807, 2.05) is 0 Å². The third kappa shape index (κ3) is 3.07. The number of hydrogen-bond donors (Lipinski definition) is 1. The highest BCUT2D eigenvalue weighted by molar-refractivity contribution is 8.00. The smallest absolute Gasteiger partial charge is 0.0165 e. The van der Waals surface area contributed by atoms with Gasteiger partial charge in [-0.3, -0.25) is 0 Å². The molecule has 1 atom stereocenters. The standard InChI is InChI=1S/C18H27NS/c1-13(2)14-7-9-18(19,10-8-14)12-16-11-15-5-3-4-6-17(15)20-16/h3-6,13-14,16H,7-12,19H2,1-2H3. The van der Waals surface area contributed by atoms with Gasteiger partial charge in [-0.2, -0.15) is 0 Å². The minimum absolute atomic E-state index is 0.102. The van der Waals surface area contributed by atoms with Gasteiger partial charge in [0.1, 0.15) is 0 Å². The molecule has 1 aromatic carbocycles. The Bertz CT molecular complexity index is 435. The van der Waals surface area contributed by atoms with Crippen molar-refractivity contribution < 1.29 is 0 Å². The summed E-state index contributed by atoms with van der Waals surface area (Å²) in [5, 5.41) is 0.702. The lowest BCUT2D eigenvalue weighted by molar-refractivity contribution is 0.186. The van der Waals surface area contributed by atoms with Gasteiger partial charge in [-0.1, -0.05) is 32.0 Å². The highest BCUT2D eigenvalue weighted by Crippen LogP contribution is 2.44. The summed E-state index contributed by atoms with van der Waals surface area (Å²) in [5.74, 6) is 1.73. The summed E-state index contributed by atoms with van der Waals surface area (Å²) in [6.07, 6.45) is 7.52. The van der Waals surface area contributed by atoms with E-state index < -0.39 is 0 Å². The van der Waals surface area contributed by atoms with Crippen LogP contribution >= 0.6 is 11.8 Å². The Morgan fingerprint density at radius 1 is 1.25 bits per heavy atom. The molecule has 2 heteroatoms. The fourth-order valence-corrected chi connectivity index (χ4v) is 5.40. The number of benzene rings is 1. The molecule has 110 valence electrons. The molecule has 0 aromatic heterocycles. The number of rotatable bonds is 3. The molecule has 1 nitrogen and oxygen atoms in total. The number of fused-ring (bicyclic) bond motifs is 1. The molecule has 0 spiro atoms. The first-order valence-electron chi connectivity index (χ1n) is 8.09. The zero-order valence-corrected chi connectivity index (χ0v) is 13.6. The van der Waals surface area contributed by atoms with Crippen LogP contribution in [0.5, 0.6) is 0 Å². The Morgan fingerprint density at radius 3 is 2.60 bits per heavy atom. The van der Waals surface area contributed by atoms with Crippen molar-refractivity contribution in [2.24, 2.45) is 17.6 Å². The van der Waals surface area contributed by atoms with Crippen molar-refractivity contribution in [3.63, 3.8) is 0 Å². The second-order valence-electron chi connectivity index (χ2n) is 7.20. The molecule has 1 heterocycles. The van der Waals surface area contributed by atoms with E-state index >= 15 is 0 Å². The van der Waals surface area contributed by atoms with Gasteiger partial charge < -0.3 is 5.73 Å². The van der Waals surface area contributed by atoms with Crippen LogP contribution < -0.4 is 5.73 Å². The van der Waals surface area contributed by atoms with E-state index in [0.717, 1.165) is 11.8 Å². The van der Waals surface area contributed by atoms with Gasteiger partial charge in [0, 0.05) is 15.7 Å². The lowest BCUT2D eigenvalue weighted by Crippen LogP contribution is -2.46. The molecule has 1 aliphatic heterocycles. The molecule has 3 rings (SSSR count). The molecule has 0 amide bonds. The molecule has 20 heavy (non-hydrogen) atoms. The first-order valence-corrected chi connectivity index (χ1v) is 8.97. The van der Waals surface area contributed by atoms with Crippen LogP contribution in [0, 0.1) is 11.8 Å². The van der Waals surface area contributed by atoms with Crippen molar-refractivity contribution in [3.8, 4) is 0 Å². The molecule has 0 bridgehead atoms. The molecule has 1 saturated carbocycles. The Labute approximate surface area is 127 Å². The van der Waals surface area contributed by atoms with Crippen molar-refractivity contribution in [2.45, 2.75) is 68.1 Å². The highest BCUT2D eigenvalue weighted by atomic mass is 32.2. The molecule has 2 aliphatic rings. The van der Waals surface area contributed by atoms with Gasteiger partial charge in [-0.25, -0.2) is 0 Å². The van der Waals surface area contributed by atoms with Gasteiger partial charge in [-0.15, -0.1) is 11.8 Å². The topological polar surface area (TPSA) is 26.0 Å². The summed E-state index contributed by atoms with van der Waals surface area (Å²) >= 11 is 2.06. The second-order valence-corrected chi connectivity index (χ2v) is 8.54. The monoisotopic (exact) mass is 289 g/mol. The summed E-state index contributed by atoms with van der Waals surface area (Å²) in [5.41, 5.74) is 8.35. The third-order valence-electron chi connectivity index (χ3n) is 5.32.